The van der Waals surface area contributed by atoms with Gasteiger partial charge in [-0.1, -0.05) is 42.1 Å². The van der Waals surface area contributed by atoms with E-state index in [1.807, 2.05) is 49.4 Å². The molecule has 6 nitrogen and oxygen atoms in total. The van der Waals surface area contributed by atoms with Gasteiger partial charge in [-0.15, -0.1) is 0 Å². The van der Waals surface area contributed by atoms with Gasteiger partial charge in [-0.3, -0.25) is 14.2 Å². The van der Waals surface area contributed by atoms with E-state index >= 15 is 0 Å². The average Bonchev–Trinajstić information content (AvgIpc) is 3.26. The summed E-state index contributed by atoms with van der Waals surface area (Å²) < 4.78 is 6.99. The summed E-state index contributed by atoms with van der Waals surface area (Å²) in [6, 6.07) is 18.4. The van der Waals surface area contributed by atoms with Crippen molar-refractivity contribution >= 4 is 34.3 Å². The molecule has 1 atom stereocenters. The van der Waals surface area contributed by atoms with Crippen molar-refractivity contribution in [3.8, 4) is 0 Å². The molecular formula is C23H21N3O3S. The number of anilines is 1. The number of hydrogen-bond donors (Lipinski definition) is 1. The van der Waals surface area contributed by atoms with Crippen molar-refractivity contribution in [2.24, 2.45) is 0 Å². The molecular weight excluding hydrogens is 398 g/mol. The van der Waals surface area contributed by atoms with Gasteiger partial charge in [0, 0.05) is 5.69 Å². The van der Waals surface area contributed by atoms with Crippen molar-refractivity contribution in [3.63, 3.8) is 0 Å². The molecule has 7 heteroatoms. The fourth-order valence-corrected chi connectivity index (χ4v) is 4.00. The van der Waals surface area contributed by atoms with Crippen LogP contribution in [0.2, 0.25) is 0 Å². The Kier molecular flexibility index (Phi) is 5.72. The number of carbonyl (C=O) groups excluding carboxylic acids is 1. The fraction of sp³-hybridized carbons (Fsp3) is 0.174. The average molecular weight is 420 g/mol. The van der Waals surface area contributed by atoms with Crippen molar-refractivity contribution in [1.82, 2.24) is 9.55 Å². The molecule has 1 N–H and O–H groups in total. The molecule has 0 aliphatic heterocycles. The van der Waals surface area contributed by atoms with Crippen molar-refractivity contribution in [3.05, 3.63) is 88.6 Å². The molecule has 0 saturated carbocycles. The van der Waals surface area contributed by atoms with Crippen molar-refractivity contribution in [2.75, 3.05) is 5.32 Å². The predicted molar refractivity (Wildman–Crippen MR) is 119 cm³/mol. The second-order valence-corrected chi connectivity index (χ2v) is 8.25. The lowest BCUT2D eigenvalue weighted by molar-refractivity contribution is -0.115. The molecule has 0 aliphatic rings. The maximum atomic E-state index is 13.1. The summed E-state index contributed by atoms with van der Waals surface area (Å²) in [5.41, 5.74) is 2.20. The van der Waals surface area contributed by atoms with E-state index in [0.717, 1.165) is 11.3 Å². The van der Waals surface area contributed by atoms with E-state index in [9.17, 15) is 9.59 Å². The Hall–Kier alpha value is -3.32. The van der Waals surface area contributed by atoms with Crippen molar-refractivity contribution in [1.29, 1.82) is 0 Å². The summed E-state index contributed by atoms with van der Waals surface area (Å²) in [6.45, 7) is 3.99. The minimum absolute atomic E-state index is 0.152. The van der Waals surface area contributed by atoms with Gasteiger partial charge in [-0.25, -0.2) is 4.98 Å². The minimum Gasteiger partial charge on any atom is -0.467 e. The van der Waals surface area contributed by atoms with Gasteiger partial charge in [-0.05, 0) is 49.7 Å². The van der Waals surface area contributed by atoms with Crippen LogP contribution in [0, 0.1) is 6.92 Å². The molecule has 4 aromatic rings. The van der Waals surface area contributed by atoms with Crippen LogP contribution >= 0.6 is 11.8 Å². The van der Waals surface area contributed by atoms with Crippen LogP contribution in [0.3, 0.4) is 0 Å². The number of aromatic nitrogens is 2. The van der Waals surface area contributed by atoms with E-state index < -0.39 is 5.25 Å². The van der Waals surface area contributed by atoms with Gasteiger partial charge >= 0.3 is 0 Å². The number of benzene rings is 2. The maximum absolute atomic E-state index is 13.1. The monoisotopic (exact) mass is 419 g/mol. The molecule has 30 heavy (non-hydrogen) atoms. The molecule has 0 unspecified atom stereocenters. The molecule has 152 valence electrons. The van der Waals surface area contributed by atoms with Gasteiger partial charge in [-0.2, -0.15) is 0 Å². The van der Waals surface area contributed by atoms with Gasteiger partial charge in [0.2, 0.25) is 5.91 Å². The molecule has 0 spiro atoms. The molecule has 0 fully saturated rings. The number of nitrogens with one attached hydrogen (secondary N) is 1. The maximum Gasteiger partial charge on any atom is 0.262 e. The molecule has 0 radical (unpaired) electrons. The molecule has 1 amide bonds. The second kappa shape index (κ2) is 8.59. The summed E-state index contributed by atoms with van der Waals surface area (Å²) >= 11 is 1.25. The first kappa shape index (κ1) is 20.0. The zero-order chi connectivity index (χ0) is 21.1. The van der Waals surface area contributed by atoms with Crippen LogP contribution in [0.5, 0.6) is 0 Å². The first-order chi connectivity index (χ1) is 14.5. The topological polar surface area (TPSA) is 77.1 Å². The first-order valence-corrected chi connectivity index (χ1v) is 10.5. The van der Waals surface area contributed by atoms with Gasteiger partial charge < -0.3 is 9.73 Å². The third-order valence-corrected chi connectivity index (χ3v) is 5.87. The highest BCUT2D eigenvalue weighted by Crippen LogP contribution is 2.25. The number of fused-ring (bicyclic) bond motifs is 1. The number of carbonyl (C=O) groups is 1. The lowest BCUT2D eigenvalue weighted by Crippen LogP contribution is -2.27. The normalized spacial score (nSPS) is 12.1. The van der Waals surface area contributed by atoms with Crippen LogP contribution in [-0.4, -0.2) is 20.7 Å². The van der Waals surface area contributed by atoms with Crippen molar-refractivity contribution < 1.29 is 9.21 Å². The highest BCUT2D eigenvalue weighted by Gasteiger charge is 2.20. The van der Waals surface area contributed by atoms with E-state index in [1.54, 1.807) is 36.0 Å². The first-order valence-electron chi connectivity index (χ1n) is 9.58. The van der Waals surface area contributed by atoms with E-state index in [2.05, 4.69) is 10.3 Å². The third-order valence-electron chi connectivity index (χ3n) is 4.78. The summed E-state index contributed by atoms with van der Waals surface area (Å²) in [6.07, 6.45) is 1.57. The smallest absolute Gasteiger partial charge is 0.262 e. The number of para-hydroxylation sites is 2. The van der Waals surface area contributed by atoms with Crippen LogP contribution < -0.4 is 10.9 Å². The zero-order valence-electron chi connectivity index (χ0n) is 16.7. The fourth-order valence-electron chi connectivity index (χ4n) is 3.09. The van der Waals surface area contributed by atoms with E-state index in [0.29, 0.717) is 21.8 Å². The second-order valence-electron chi connectivity index (χ2n) is 6.95. The Morgan fingerprint density at radius 2 is 1.90 bits per heavy atom. The van der Waals surface area contributed by atoms with Crippen LogP contribution in [0.15, 0.2) is 81.3 Å². The summed E-state index contributed by atoms with van der Waals surface area (Å²) in [5, 5.41) is 3.50. The third kappa shape index (κ3) is 4.16. The number of amides is 1. The van der Waals surface area contributed by atoms with E-state index in [4.69, 9.17) is 4.42 Å². The lowest BCUT2D eigenvalue weighted by Gasteiger charge is -2.16. The van der Waals surface area contributed by atoms with Gasteiger partial charge in [0.25, 0.3) is 5.56 Å². The zero-order valence-corrected chi connectivity index (χ0v) is 17.5. The standard InChI is InChI=1S/C23H21N3O3S/c1-15-8-3-5-11-19(15)24-21(27)16(2)30-23-25-20-12-6-4-10-18(20)22(28)26(23)14-17-9-7-13-29-17/h3-13,16H,14H2,1-2H3,(H,24,27)/t16-/m0/s1. The molecule has 0 aliphatic carbocycles. The predicted octanol–water partition coefficient (Wildman–Crippen LogP) is 4.47. The van der Waals surface area contributed by atoms with Gasteiger partial charge in [0.15, 0.2) is 5.16 Å². The number of thioether (sulfide) groups is 1. The number of nitrogens with zero attached hydrogens (tertiary/aromatic N) is 2. The summed E-state index contributed by atoms with van der Waals surface area (Å²) in [5.74, 6) is 0.495. The summed E-state index contributed by atoms with van der Waals surface area (Å²) in [4.78, 5) is 30.6. The van der Waals surface area contributed by atoms with Crippen LogP contribution in [0.25, 0.3) is 10.9 Å². The molecule has 0 saturated heterocycles. The van der Waals surface area contributed by atoms with Crippen molar-refractivity contribution in [2.45, 2.75) is 30.8 Å². The Balaban J connectivity index is 1.66. The number of furan rings is 1. The van der Waals surface area contributed by atoms with E-state index in [1.165, 1.54) is 11.8 Å². The van der Waals surface area contributed by atoms with Crippen LogP contribution in [0.1, 0.15) is 18.2 Å². The molecule has 4 rings (SSSR count). The Labute approximate surface area is 177 Å². The van der Waals surface area contributed by atoms with Gasteiger partial charge in [0.05, 0.1) is 29.0 Å². The Morgan fingerprint density at radius 1 is 1.13 bits per heavy atom. The number of rotatable bonds is 6. The quantitative estimate of drug-likeness (QED) is 0.369. The SMILES string of the molecule is Cc1ccccc1NC(=O)[C@H](C)Sc1nc2ccccc2c(=O)n1Cc1ccco1. The highest BCUT2D eigenvalue weighted by molar-refractivity contribution is 8.00. The largest absolute Gasteiger partial charge is 0.467 e. The summed E-state index contributed by atoms with van der Waals surface area (Å²) in [7, 11) is 0. The highest BCUT2D eigenvalue weighted by atomic mass is 32.2. The van der Waals surface area contributed by atoms with Gasteiger partial charge in [0.1, 0.15) is 5.76 Å². The molecule has 2 aromatic carbocycles. The minimum atomic E-state index is -0.458. The van der Waals surface area contributed by atoms with Crippen LogP contribution in [-0.2, 0) is 11.3 Å². The Bertz CT molecular complexity index is 1250. The Morgan fingerprint density at radius 3 is 2.67 bits per heavy atom. The molecule has 0 bridgehead atoms. The van der Waals surface area contributed by atoms with Crippen LogP contribution in [0.4, 0.5) is 5.69 Å². The molecule has 2 heterocycles. The lowest BCUT2D eigenvalue weighted by atomic mass is 10.2. The molecule has 2 aromatic heterocycles. The number of hydrogen-bond acceptors (Lipinski definition) is 5. The van der Waals surface area contributed by atoms with E-state index in [-0.39, 0.29) is 18.0 Å². The number of aryl methyl sites for hydroxylation is 1.